The molecular formula is C20H23N3O3. The smallest absolute Gasteiger partial charge is 0.229 e. The van der Waals surface area contributed by atoms with E-state index in [0.29, 0.717) is 6.54 Å². The van der Waals surface area contributed by atoms with E-state index in [0.717, 1.165) is 22.8 Å². The molecule has 2 aromatic carbocycles. The standard InChI is InChI=1S/C20H23N3O3/c1-22(2)18-7-5-4-6-17(18)21-20(25)14-12-19(24)23(13-14)15-8-10-16(26-3)11-9-15/h4-11,14H,12-13H2,1-3H3,(H,21,25). The molecule has 6 heteroatoms. The Kier molecular flexibility index (Phi) is 5.11. The first-order valence-electron chi connectivity index (χ1n) is 8.51. The van der Waals surface area contributed by atoms with Crippen LogP contribution in [0.2, 0.25) is 0 Å². The molecule has 1 aliphatic heterocycles. The van der Waals surface area contributed by atoms with Crippen LogP contribution in [0.1, 0.15) is 6.42 Å². The predicted molar refractivity (Wildman–Crippen MR) is 103 cm³/mol. The number of hydrogen-bond acceptors (Lipinski definition) is 4. The number of para-hydroxylation sites is 2. The molecule has 0 saturated carbocycles. The van der Waals surface area contributed by atoms with Gasteiger partial charge in [0.25, 0.3) is 0 Å². The largest absolute Gasteiger partial charge is 0.497 e. The molecule has 0 aliphatic carbocycles. The number of methoxy groups -OCH3 is 1. The Morgan fingerprint density at radius 1 is 1.15 bits per heavy atom. The molecule has 1 N–H and O–H groups in total. The molecule has 0 radical (unpaired) electrons. The molecule has 1 atom stereocenters. The van der Waals surface area contributed by atoms with Gasteiger partial charge in [-0.2, -0.15) is 0 Å². The number of ether oxygens (including phenoxy) is 1. The quantitative estimate of drug-likeness (QED) is 0.898. The third-order valence-corrected chi connectivity index (χ3v) is 4.52. The van der Waals surface area contributed by atoms with E-state index in [-0.39, 0.29) is 24.2 Å². The third-order valence-electron chi connectivity index (χ3n) is 4.52. The number of carbonyl (C=O) groups is 2. The summed E-state index contributed by atoms with van der Waals surface area (Å²) in [5.41, 5.74) is 2.45. The minimum atomic E-state index is -0.375. The van der Waals surface area contributed by atoms with Crippen LogP contribution in [0, 0.1) is 5.92 Å². The second kappa shape index (κ2) is 7.47. The van der Waals surface area contributed by atoms with Crippen molar-refractivity contribution in [1.82, 2.24) is 0 Å². The number of hydrogen-bond donors (Lipinski definition) is 1. The fourth-order valence-corrected chi connectivity index (χ4v) is 3.10. The van der Waals surface area contributed by atoms with Crippen LogP contribution in [-0.2, 0) is 9.59 Å². The Morgan fingerprint density at radius 2 is 1.85 bits per heavy atom. The highest BCUT2D eigenvalue weighted by atomic mass is 16.5. The maximum absolute atomic E-state index is 12.7. The fourth-order valence-electron chi connectivity index (χ4n) is 3.10. The van der Waals surface area contributed by atoms with Crippen LogP contribution in [-0.4, -0.2) is 39.6 Å². The number of carbonyl (C=O) groups excluding carboxylic acids is 2. The van der Waals surface area contributed by atoms with Gasteiger partial charge < -0.3 is 19.9 Å². The maximum Gasteiger partial charge on any atom is 0.229 e. The van der Waals surface area contributed by atoms with Gasteiger partial charge in [0, 0.05) is 32.7 Å². The van der Waals surface area contributed by atoms with Gasteiger partial charge in [0.15, 0.2) is 0 Å². The van der Waals surface area contributed by atoms with Crippen molar-refractivity contribution in [1.29, 1.82) is 0 Å². The third kappa shape index (κ3) is 3.64. The number of nitrogens with one attached hydrogen (secondary N) is 1. The van der Waals surface area contributed by atoms with Crippen LogP contribution < -0.4 is 19.9 Å². The zero-order valence-corrected chi connectivity index (χ0v) is 15.2. The number of rotatable bonds is 5. The van der Waals surface area contributed by atoms with Crippen molar-refractivity contribution in [3.63, 3.8) is 0 Å². The fraction of sp³-hybridized carbons (Fsp3) is 0.300. The van der Waals surface area contributed by atoms with Gasteiger partial charge >= 0.3 is 0 Å². The Bertz CT molecular complexity index is 802. The maximum atomic E-state index is 12.7. The lowest BCUT2D eigenvalue weighted by Crippen LogP contribution is -2.28. The first-order chi connectivity index (χ1) is 12.5. The van der Waals surface area contributed by atoms with E-state index in [4.69, 9.17) is 4.74 Å². The van der Waals surface area contributed by atoms with E-state index < -0.39 is 0 Å². The van der Waals surface area contributed by atoms with Crippen LogP contribution in [0.4, 0.5) is 17.1 Å². The minimum Gasteiger partial charge on any atom is -0.497 e. The summed E-state index contributed by atoms with van der Waals surface area (Å²) in [5, 5.41) is 2.97. The van der Waals surface area contributed by atoms with Crippen LogP contribution in [0.25, 0.3) is 0 Å². The molecule has 0 bridgehead atoms. The first-order valence-corrected chi connectivity index (χ1v) is 8.51. The molecule has 2 amide bonds. The molecule has 6 nitrogen and oxygen atoms in total. The summed E-state index contributed by atoms with van der Waals surface area (Å²) in [6, 6.07) is 14.9. The van der Waals surface area contributed by atoms with Gasteiger partial charge in [-0.15, -0.1) is 0 Å². The van der Waals surface area contributed by atoms with Crippen molar-refractivity contribution >= 4 is 28.9 Å². The normalized spacial score (nSPS) is 16.5. The molecule has 1 aliphatic rings. The lowest BCUT2D eigenvalue weighted by molar-refractivity contribution is -0.122. The monoisotopic (exact) mass is 353 g/mol. The minimum absolute atomic E-state index is 0.0452. The first kappa shape index (κ1) is 17.8. The van der Waals surface area contributed by atoms with E-state index in [1.807, 2.05) is 67.5 Å². The molecule has 1 saturated heterocycles. The SMILES string of the molecule is COc1ccc(N2CC(C(=O)Nc3ccccc3N(C)C)CC2=O)cc1. The van der Waals surface area contributed by atoms with Gasteiger partial charge in [-0.3, -0.25) is 9.59 Å². The van der Waals surface area contributed by atoms with E-state index in [1.165, 1.54) is 0 Å². The number of amides is 2. The highest BCUT2D eigenvalue weighted by molar-refractivity contribution is 6.04. The number of nitrogens with zero attached hydrogens (tertiary/aromatic N) is 2. The van der Waals surface area contributed by atoms with Crippen molar-refractivity contribution in [2.45, 2.75) is 6.42 Å². The molecule has 26 heavy (non-hydrogen) atoms. The highest BCUT2D eigenvalue weighted by Crippen LogP contribution is 2.29. The molecule has 2 aromatic rings. The molecule has 0 aromatic heterocycles. The second-order valence-corrected chi connectivity index (χ2v) is 6.50. The summed E-state index contributed by atoms with van der Waals surface area (Å²) in [7, 11) is 5.45. The molecule has 3 rings (SSSR count). The van der Waals surface area contributed by atoms with Gasteiger partial charge in [-0.1, -0.05) is 12.1 Å². The van der Waals surface area contributed by atoms with Crippen LogP contribution in [0.3, 0.4) is 0 Å². The van der Waals surface area contributed by atoms with Crippen molar-refractivity contribution < 1.29 is 14.3 Å². The molecule has 1 fully saturated rings. The topological polar surface area (TPSA) is 61.9 Å². The van der Waals surface area contributed by atoms with Crippen molar-refractivity contribution in [3.05, 3.63) is 48.5 Å². The zero-order valence-electron chi connectivity index (χ0n) is 15.2. The Morgan fingerprint density at radius 3 is 2.50 bits per heavy atom. The van der Waals surface area contributed by atoms with Gasteiger partial charge in [0.2, 0.25) is 11.8 Å². The van der Waals surface area contributed by atoms with E-state index >= 15 is 0 Å². The summed E-state index contributed by atoms with van der Waals surface area (Å²) in [5.74, 6) is 0.176. The van der Waals surface area contributed by atoms with Gasteiger partial charge in [0.1, 0.15) is 5.75 Å². The average Bonchev–Trinajstić information content (AvgIpc) is 3.04. The van der Waals surface area contributed by atoms with Crippen LogP contribution in [0.5, 0.6) is 5.75 Å². The van der Waals surface area contributed by atoms with E-state index in [9.17, 15) is 9.59 Å². The number of benzene rings is 2. The summed E-state index contributed by atoms with van der Waals surface area (Å²) >= 11 is 0. The summed E-state index contributed by atoms with van der Waals surface area (Å²) < 4.78 is 5.14. The Hall–Kier alpha value is -3.02. The van der Waals surface area contributed by atoms with Crippen LogP contribution >= 0.6 is 0 Å². The molecule has 136 valence electrons. The van der Waals surface area contributed by atoms with Crippen molar-refractivity contribution in [2.24, 2.45) is 5.92 Å². The molecule has 0 spiro atoms. The summed E-state index contributed by atoms with van der Waals surface area (Å²) in [4.78, 5) is 28.7. The van der Waals surface area contributed by atoms with E-state index in [1.54, 1.807) is 12.0 Å². The second-order valence-electron chi connectivity index (χ2n) is 6.50. The molecular weight excluding hydrogens is 330 g/mol. The number of anilines is 3. The van der Waals surface area contributed by atoms with Gasteiger partial charge in [-0.25, -0.2) is 0 Å². The van der Waals surface area contributed by atoms with E-state index in [2.05, 4.69) is 5.32 Å². The summed E-state index contributed by atoms with van der Waals surface area (Å²) in [6.07, 6.45) is 0.210. The zero-order chi connectivity index (χ0) is 18.7. The van der Waals surface area contributed by atoms with Crippen molar-refractivity contribution in [2.75, 3.05) is 42.9 Å². The summed E-state index contributed by atoms with van der Waals surface area (Å²) in [6.45, 7) is 0.376. The molecule has 1 heterocycles. The van der Waals surface area contributed by atoms with Crippen LogP contribution in [0.15, 0.2) is 48.5 Å². The van der Waals surface area contributed by atoms with Crippen molar-refractivity contribution in [3.8, 4) is 5.75 Å². The predicted octanol–water partition coefficient (Wildman–Crippen LogP) is 2.75. The Balaban J connectivity index is 1.71. The lowest BCUT2D eigenvalue weighted by Gasteiger charge is -2.19. The average molecular weight is 353 g/mol. The molecule has 1 unspecified atom stereocenters. The lowest BCUT2D eigenvalue weighted by atomic mass is 10.1. The van der Waals surface area contributed by atoms with Gasteiger partial charge in [0.05, 0.1) is 24.4 Å². The highest BCUT2D eigenvalue weighted by Gasteiger charge is 2.35. The Labute approximate surface area is 153 Å². The van der Waals surface area contributed by atoms with Gasteiger partial charge in [-0.05, 0) is 36.4 Å².